The maximum absolute atomic E-state index is 13.6. The number of aromatic amines is 1. The van der Waals surface area contributed by atoms with Crippen molar-refractivity contribution in [1.29, 1.82) is 0 Å². The quantitative estimate of drug-likeness (QED) is 0.303. The Hall–Kier alpha value is -4.04. The van der Waals surface area contributed by atoms with Gasteiger partial charge in [0.05, 0.1) is 28.6 Å². The molecule has 5 aromatic rings. The zero-order chi connectivity index (χ0) is 24.4. The summed E-state index contributed by atoms with van der Waals surface area (Å²) >= 11 is 1.45. The summed E-state index contributed by atoms with van der Waals surface area (Å²) in [7, 11) is 1.61. The van der Waals surface area contributed by atoms with Crippen molar-refractivity contribution in [3.63, 3.8) is 0 Å². The number of ether oxygens (including phenoxy) is 1. The number of para-hydroxylation sites is 1. The molecule has 0 saturated carbocycles. The Labute approximate surface area is 205 Å². The summed E-state index contributed by atoms with van der Waals surface area (Å²) in [5, 5.41) is 3.83. The van der Waals surface area contributed by atoms with Crippen molar-refractivity contribution in [1.82, 2.24) is 14.8 Å². The van der Waals surface area contributed by atoms with Crippen molar-refractivity contribution in [2.75, 3.05) is 13.7 Å². The number of nitrogens with one attached hydrogen (secondary N) is 1. The van der Waals surface area contributed by atoms with E-state index in [2.05, 4.69) is 10.1 Å². The summed E-state index contributed by atoms with van der Waals surface area (Å²) in [4.78, 5) is 23.0. The minimum absolute atomic E-state index is 0.210. The third-order valence-electron chi connectivity index (χ3n) is 5.77. The minimum atomic E-state index is -0.264. The molecule has 0 aliphatic carbocycles. The van der Waals surface area contributed by atoms with Gasteiger partial charge in [-0.25, -0.2) is 9.37 Å². The van der Waals surface area contributed by atoms with Gasteiger partial charge in [-0.05, 0) is 67.4 Å². The van der Waals surface area contributed by atoms with Crippen LogP contribution < -0.4 is 10.3 Å². The van der Waals surface area contributed by atoms with Crippen molar-refractivity contribution in [2.24, 2.45) is 4.99 Å². The fourth-order valence-electron chi connectivity index (χ4n) is 3.91. The van der Waals surface area contributed by atoms with Crippen LogP contribution in [-0.2, 0) is 6.42 Å². The molecule has 5 rings (SSSR count). The molecule has 2 heterocycles. The molecular weight excluding hydrogens is 463 g/mol. The maximum Gasteiger partial charge on any atom is 0.283 e. The summed E-state index contributed by atoms with van der Waals surface area (Å²) < 4.78 is 21.0. The fourth-order valence-corrected chi connectivity index (χ4v) is 4.84. The highest BCUT2D eigenvalue weighted by Gasteiger charge is 2.21. The monoisotopic (exact) mass is 486 g/mol. The Morgan fingerprint density at radius 1 is 1.09 bits per heavy atom. The SMILES string of the molecule is COc1ccc(-c2[nH]n(-c3nc4ccccc4s3)c(=O)c2C(C)=NCCc2ccc(F)cc2)cc1. The van der Waals surface area contributed by atoms with Crippen LogP contribution in [-0.4, -0.2) is 34.1 Å². The largest absolute Gasteiger partial charge is 0.497 e. The van der Waals surface area contributed by atoms with Crippen LogP contribution in [0.1, 0.15) is 18.1 Å². The maximum atomic E-state index is 13.6. The second-order valence-electron chi connectivity index (χ2n) is 8.04. The molecule has 0 radical (unpaired) electrons. The Balaban J connectivity index is 1.55. The van der Waals surface area contributed by atoms with Gasteiger partial charge >= 0.3 is 0 Å². The second-order valence-corrected chi connectivity index (χ2v) is 9.05. The van der Waals surface area contributed by atoms with Crippen LogP contribution in [0.25, 0.3) is 26.6 Å². The third kappa shape index (κ3) is 4.65. The van der Waals surface area contributed by atoms with Crippen molar-refractivity contribution < 1.29 is 9.13 Å². The number of rotatable bonds is 7. The summed E-state index contributed by atoms with van der Waals surface area (Å²) in [6.07, 6.45) is 0.645. The predicted molar refractivity (Wildman–Crippen MR) is 139 cm³/mol. The molecular formula is C27H23FN4O2S. The van der Waals surface area contributed by atoms with Gasteiger partial charge in [0.15, 0.2) is 0 Å². The van der Waals surface area contributed by atoms with Crippen LogP contribution in [0.3, 0.4) is 0 Å². The molecule has 0 atom stereocenters. The first-order valence-corrected chi connectivity index (χ1v) is 12.0. The molecule has 35 heavy (non-hydrogen) atoms. The summed E-state index contributed by atoms with van der Waals surface area (Å²) in [5.41, 5.74) is 4.24. The Morgan fingerprint density at radius 3 is 2.54 bits per heavy atom. The highest BCUT2D eigenvalue weighted by Crippen LogP contribution is 2.27. The van der Waals surface area contributed by atoms with Crippen LogP contribution in [0, 0.1) is 5.82 Å². The van der Waals surface area contributed by atoms with Gasteiger partial charge in [-0.1, -0.05) is 35.6 Å². The van der Waals surface area contributed by atoms with E-state index >= 15 is 0 Å². The molecule has 0 saturated heterocycles. The van der Waals surface area contributed by atoms with E-state index in [0.29, 0.717) is 35.1 Å². The van der Waals surface area contributed by atoms with Gasteiger partial charge in [-0.3, -0.25) is 14.9 Å². The molecule has 176 valence electrons. The first-order chi connectivity index (χ1) is 17.0. The highest BCUT2D eigenvalue weighted by molar-refractivity contribution is 7.20. The van der Waals surface area contributed by atoms with E-state index in [1.807, 2.05) is 55.5 Å². The zero-order valence-corrected chi connectivity index (χ0v) is 20.1. The molecule has 8 heteroatoms. The molecule has 1 N–H and O–H groups in total. The normalized spacial score (nSPS) is 11.8. The molecule has 0 fully saturated rings. The van der Waals surface area contributed by atoms with Gasteiger partial charge in [0.25, 0.3) is 5.56 Å². The number of methoxy groups -OCH3 is 1. The second kappa shape index (κ2) is 9.68. The number of H-pyrrole nitrogens is 1. The molecule has 0 aliphatic heterocycles. The molecule has 6 nitrogen and oxygen atoms in total. The van der Waals surface area contributed by atoms with E-state index in [1.165, 1.54) is 28.2 Å². The number of benzene rings is 3. The summed E-state index contributed by atoms with van der Waals surface area (Å²) in [5.74, 6) is 0.466. The van der Waals surface area contributed by atoms with Crippen LogP contribution in [0.2, 0.25) is 0 Å². The van der Waals surface area contributed by atoms with Crippen LogP contribution in [0.5, 0.6) is 5.75 Å². The van der Waals surface area contributed by atoms with Gasteiger partial charge in [0.2, 0.25) is 5.13 Å². The van der Waals surface area contributed by atoms with E-state index in [9.17, 15) is 9.18 Å². The molecule has 0 amide bonds. The fraction of sp³-hybridized carbons (Fsp3) is 0.148. The van der Waals surface area contributed by atoms with Crippen molar-refractivity contribution in [3.8, 4) is 22.1 Å². The third-order valence-corrected chi connectivity index (χ3v) is 6.79. The molecule has 0 unspecified atom stereocenters. The average molecular weight is 487 g/mol. The van der Waals surface area contributed by atoms with Crippen molar-refractivity contribution in [2.45, 2.75) is 13.3 Å². The zero-order valence-electron chi connectivity index (χ0n) is 19.3. The minimum Gasteiger partial charge on any atom is -0.497 e. The number of hydrogen-bond donors (Lipinski definition) is 1. The summed E-state index contributed by atoms with van der Waals surface area (Å²) in [6.45, 7) is 2.32. The molecule has 0 aliphatic rings. The van der Waals surface area contributed by atoms with Crippen LogP contribution in [0.15, 0.2) is 82.6 Å². The van der Waals surface area contributed by atoms with Crippen molar-refractivity contribution in [3.05, 3.63) is 100 Å². The van der Waals surface area contributed by atoms with Gasteiger partial charge in [-0.15, -0.1) is 0 Å². The van der Waals surface area contributed by atoms with Gasteiger partial charge in [-0.2, -0.15) is 4.68 Å². The Morgan fingerprint density at radius 2 is 1.83 bits per heavy atom. The lowest BCUT2D eigenvalue weighted by atomic mass is 10.0. The molecule has 2 aromatic heterocycles. The van der Waals surface area contributed by atoms with Crippen LogP contribution >= 0.6 is 11.3 Å². The highest BCUT2D eigenvalue weighted by atomic mass is 32.1. The van der Waals surface area contributed by atoms with Gasteiger partial charge < -0.3 is 4.74 Å². The topological polar surface area (TPSA) is 72.3 Å². The number of thiazole rings is 1. The van der Waals surface area contributed by atoms with E-state index in [0.717, 1.165) is 27.1 Å². The summed E-state index contributed by atoms with van der Waals surface area (Å²) in [6, 6.07) is 21.7. The molecule has 3 aromatic carbocycles. The molecule has 0 spiro atoms. The van der Waals surface area contributed by atoms with Crippen LogP contribution in [0.4, 0.5) is 4.39 Å². The number of nitrogens with zero attached hydrogens (tertiary/aromatic N) is 3. The number of aromatic nitrogens is 3. The standard InChI is InChI=1S/C27H23FN4O2S/c1-17(29-16-15-18-7-11-20(28)12-8-18)24-25(19-9-13-21(34-2)14-10-19)31-32(26(24)33)27-30-22-5-3-4-6-23(22)35-27/h3-14,31H,15-16H2,1-2H3. The lowest BCUT2D eigenvalue weighted by Gasteiger charge is -2.05. The molecule has 0 bridgehead atoms. The smallest absolute Gasteiger partial charge is 0.283 e. The average Bonchev–Trinajstić information content (AvgIpc) is 3.46. The van der Waals surface area contributed by atoms with E-state index in [4.69, 9.17) is 9.73 Å². The first kappa shape index (κ1) is 22.7. The first-order valence-electron chi connectivity index (χ1n) is 11.1. The van der Waals surface area contributed by atoms with E-state index in [1.54, 1.807) is 19.2 Å². The number of fused-ring (bicyclic) bond motifs is 1. The lowest BCUT2D eigenvalue weighted by Crippen LogP contribution is -2.19. The van der Waals surface area contributed by atoms with E-state index < -0.39 is 0 Å². The van der Waals surface area contributed by atoms with Gasteiger partial charge in [0.1, 0.15) is 11.6 Å². The van der Waals surface area contributed by atoms with Gasteiger partial charge in [0, 0.05) is 17.8 Å². The van der Waals surface area contributed by atoms with Crippen molar-refractivity contribution >= 4 is 27.3 Å². The predicted octanol–water partition coefficient (Wildman–Crippen LogP) is 5.64. The Kier molecular flexibility index (Phi) is 6.29. The number of hydrogen-bond acceptors (Lipinski definition) is 5. The number of halogens is 1. The lowest BCUT2D eigenvalue weighted by molar-refractivity contribution is 0.415. The Bertz CT molecular complexity index is 1530. The number of aliphatic imine (C=N–C) groups is 1. The van der Waals surface area contributed by atoms with E-state index in [-0.39, 0.29) is 11.4 Å².